The van der Waals surface area contributed by atoms with Gasteiger partial charge in [0.1, 0.15) is 11.4 Å². The molecule has 2 aliphatic heterocycles. The fraction of sp³-hybridized carbons (Fsp3) is 0.333. The normalized spacial score (nSPS) is 16.1. The topological polar surface area (TPSA) is 68.5 Å². The van der Waals surface area contributed by atoms with Gasteiger partial charge in [0.15, 0.2) is 11.5 Å². The summed E-state index contributed by atoms with van der Waals surface area (Å²) in [6.07, 6.45) is 4.27. The van der Waals surface area contributed by atoms with E-state index >= 15 is 0 Å². The summed E-state index contributed by atoms with van der Waals surface area (Å²) in [6, 6.07) is 18.1. The first-order valence-corrected chi connectivity index (χ1v) is 13.0. The van der Waals surface area contributed by atoms with Gasteiger partial charge < -0.3 is 23.5 Å². The smallest absolute Gasteiger partial charge is 0.231 e. The molecule has 4 aromatic rings. The number of carbonyl (C=O) groups excluding carboxylic acids is 1. The van der Waals surface area contributed by atoms with Crippen molar-refractivity contribution in [3.63, 3.8) is 0 Å². The summed E-state index contributed by atoms with van der Waals surface area (Å²) < 4.78 is 18.8. The van der Waals surface area contributed by atoms with E-state index in [1.54, 1.807) is 7.11 Å². The number of pyridine rings is 1. The quantitative estimate of drug-likeness (QED) is 0.369. The lowest BCUT2D eigenvalue weighted by atomic mass is 9.91. The second kappa shape index (κ2) is 10.4. The van der Waals surface area contributed by atoms with E-state index in [0.717, 1.165) is 59.4 Å². The van der Waals surface area contributed by atoms with E-state index in [1.165, 1.54) is 5.56 Å². The minimum absolute atomic E-state index is 0.145. The summed E-state index contributed by atoms with van der Waals surface area (Å²) in [5, 5.41) is 0. The largest absolute Gasteiger partial charge is 0.496 e. The highest BCUT2D eigenvalue weighted by molar-refractivity contribution is 5.78. The van der Waals surface area contributed by atoms with Crippen molar-refractivity contribution in [2.75, 3.05) is 40.1 Å². The highest BCUT2D eigenvalue weighted by Gasteiger charge is 2.29. The number of nitrogens with zero attached hydrogens (tertiary/aromatic N) is 4. The first kappa shape index (κ1) is 24.3. The minimum atomic E-state index is -0.179. The summed E-state index contributed by atoms with van der Waals surface area (Å²) in [7, 11) is 1.68. The average Bonchev–Trinajstić information content (AvgIpc) is 3.60. The molecule has 8 heteroatoms. The van der Waals surface area contributed by atoms with Gasteiger partial charge >= 0.3 is 0 Å². The second-order valence-electron chi connectivity index (χ2n) is 9.91. The SMILES string of the molecule is COc1ccccc1C(CC(=O)N1CCN(Cc2ccc3c(c2)OCO3)CC1)c1cnc2c(C)cccn12. The fourth-order valence-corrected chi connectivity index (χ4v) is 5.51. The van der Waals surface area contributed by atoms with Crippen LogP contribution in [-0.4, -0.2) is 65.2 Å². The summed E-state index contributed by atoms with van der Waals surface area (Å²) in [5.41, 5.74) is 5.18. The number of fused-ring (bicyclic) bond motifs is 2. The van der Waals surface area contributed by atoms with Gasteiger partial charge in [0.2, 0.25) is 12.7 Å². The molecule has 0 bridgehead atoms. The van der Waals surface area contributed by atoms with Gasteiger partial charge in [-0.3, -0.25) is 9.69 Å². The van der Waals surface area contributed by atoms with Gasteiger partial charge in [-0.1, -0.05) is 30.3 Å². The van der Waals surface area contributed by atoms with E-state index in [9.17, 15) is 4.79 Å². The number of benzene rings is 2. The summed E-state index contributed by atoms with van der Waals surface area (Å²) in [4.78, 5) is 22.7. The third kappa shape index (κ3) is 4.67. The van der Waals surface area contributed by atoms with Gasteiger partial charge in [0.25, 0.3) is 0 Å². The van der Waals surface area contributed by atoms with Gasteiger partial charge in [-0.15, -0.1) is 0 Å². The van der Waals surface area contributed by atoms with Crippen LogP contribution in [0.1, 0.15) is 34.7 Å². The van der Waals surface area contributed by atoms with Gasteiger partial charge in [-0.2, -0.15) is 0 Å². The number of para-hydroxylation sites is 1. The zero-order valence-corrected chi connectivity index (χ0v) is 21.8. The van der Waals surface area contributed by atoms with Crippen molar-refractivity contribution in [1.82, 2.24) is 19.2 Å². The molecule has 0 aliphatic carbocycles. The van der Waals surface area contributed by atoms with Crippen LogP contribution in [0.2, 0.25) is 0 Å². The number of amides is 1. The number of rotatable bonds is 7. The van der Waals surface area contributed by atoms with E-state index in [0.29, 0.717) is 19.5 Å². The predicted octanol–water partition coefficient (Wildman–Crippen LogP) is 4.25. The Bertz CT molecular complexity index is 1460. The van der Waals surface area contributed by atoms with Crippen LogP contribution in [-0.2, 0) is 11.3 Å². The number of ether oxygens (including phenoxy) is 3. The Labute approximate surface area is 222 Å². The van der Waals surface area contributed by atoms with Gasteiger partial charge in [0, 0.05) is 63.0 Å². The van der Waals surface area contributed by atoms with E-state index < -0.39 is 0 Å². The number of methoxy groups -OCH3 is 1. The highest BCUT2D eigenvalue weighted by atomic mass is 16.7. The standard InChI is InChI=1S/C30H32N4O4/c1-21-6-5-11-34-25(18-31-30(21)34)24(23-7-3-4-8-26(23)36-2)17-29(35)33-14-12-32(13-15-33)19-22-9-10-27-28(16-22)38-20-37-27/h3-11,16,18,24H,12-15,17,19-20H2,1-2H3. The number of hydrogen-bond donors (Lipinski definition) is 0. The van der Waals surface area contributed by atoms with Gasteiger partial charge in [0.05, 0.1) is 12.8 Å². The zero-order valence-electron chi connectivity index (χ0n) is 21.8. The molecule has 196 valence electrons. The maximum atomic E-state index is 13.7. The Morgan fingerprint density at radius 3 is 2.68 bits per heavy atom. The van der Waals surface area contributed by atoms with Crippen molar-refractivity contribution in [1.29, 1.82) is 0 Å². The van der Waals surface area contributed by atoms with Crippen molar-refractivity contribution in [2.45, 2.75) is 25.8 Å². The summed E-state index contributed by atoms with van der Waals surface area (Å²) in [6.45, 7) is 6.22. The van der Waals surface area contributed by atoms with Crippen LogP contribution >= 0.6 is 0 Å². The lowest BCUT2D eigenvalue weighted by Crippen LogP contribution is -2.48. The fourth-order valence-electron chi connectivity index (χ4n) is 5.51. The van der Waals surface area contributed by atoms with Crippen LogP contribution in [0.5, 0.6) is 17.2 Å². The van der Waals surface area contributed by atoms with Crippen molar-refractivity contribution in [3.8, 4) is 17.2 Å². The summed E-state index contributed by atoms with van der Waals surface area (Å²) >= 11 is 0. The molecule has 0 saturated carbocycles. The maximum Gasteiger partial charge on any atom is 0.231 e. The highest BCUT2D eigenvalue weighted by Crippen LogP contribution is 2.36. The Hall–Kier alpha value is -4.04. The molecule has 1 unspecified atom stereocenters. The number of aryl methyl sites for hydroxylation is 1. The van der Waals surface area contributed by atoms with Crippen LogP contribution in [0.25, 0.3) is 5.65 Å². The van der Waals surface area contributed by atoms with E-state index in [4.69, 9.17) is 14.2 Å². The Kier molecular flexibility index (Phi) is 6.64. The lowest BCUT2D eigenvalue weighted by molar-refractivity contribution is -0.133. The Balaban J connectivity index is 1.18. The third-order valence-electron chi connectivity index (χ3n) is 7.58. The van der Waals surface area contributed by atoms with E-state index in [1.807, 2.05) is 47.6 Å². The van der Waals surface area contributed by atoms with E-state index in [2.05, 4.69) is 45.5 Å². The number of hydrogen-bond acceptors (Lipinski definition) is 6. The predicted molar refractivity (Wildman–Crippen MR) is 144 cm³/mol. The van der Waals surface area contributed by atoms with Crippen LogP contribution in [0, 0.1) is 6.92 Å². The molecule has 38 heavy (non-hydrogen) atoms. The number of carbonyl (C=O) groups is 1. The molecule has 1 atom stereocenters. The average molecular weight is 513 g/mol. The molecule has 6 rings (SSSR count). The number of piperazine rings is 1. The van der Waals surface area contributed by atoms with Crippen molar-refractivity contribution in [3.05, 3.63) is 89.4 Å². The molecule has 1 amide bonds. The molecule has 0 radical (unpaired) electrons. The Morgan fingerprint density at radius 1 is 1.03 bits per heavy atom. The van der Waals surface area contributed by atoms with Crippen LogP contribution in [0.15, 0.2) is 67.0 Å². The van der Waals surface area contributed by atoms with Crippen LogP contribution in [0.4, 0.5) is 0 Å². The molecule has 0 N–H and O–H groups in total. The second-order valence-corrected chi connectivity index (χ2v) is 9.91. The molecule has 1 saturated heterocycles. The molecule has 1 fully saturated rings. The number of aromatic nitrogens is 2. The van der Waals surface area contributed by atoms with Crippen LogP contribution < -0.4 is 14.2 Å². The molecule has 2 aromatic carbocycles. The monoisotopic (exact) mass is 512 g/mol. The molecule has 0 spiro atoms. The zero-order chi connectivity index (χ0) is 26.1. The van der Waals surface area contributed by atoms with E-state index in [-0.39, 0.29) is 18.6 Å². The molecular weight excluding hydrogens is 480 g/mol. The summed E-state index contributed by atoms with van der Waals surface area (Å²) in [5.74, 6) is 2.35. The first-order valence-electron chi connectivity index (χ1n) is 13.0. The molecular formula is C30H32N4O4. The third-order valence-corrected chi connectivity index (χ3v) is 7.58. The lowest BCUT2D eigenvalue weighted by Gasteiger charge is -2.35. The van der Waals surface area contributed by atoms with Crippen molar-refractivity contribution >= 4 is 11.6 Å². The van der Waals surface area contributed by atoms with Crippen molar-refractivity contribution < 1.29 is 19.0 Å². The molecule has 2 aromatic heterocycles. The van der Waals surface area contributed by atoms with Crippen LogP contribution in [0.3, 0.4) is 0 Å². The van der Waals surface area contributed by atoms with Gasteiger partial charge in [-0.05, 0) is 42.3 Å². The maximum absolute atomic E-state index is 13.7. The van der Waals surface area contributed by atoms with Gasteiger partial charge in [-0.25, -0.2) is 4.98 Å². The Morgan fingerprint density at radius 2 is 1.84 bits per heavy atom. The number of imidazole rings is 1. The molecule has 4 heterocycles. The molecule has 2 aliphatic rings. The first-order chi connectivity index (χ1) is 18.6. The minimum Gasteiger partial charge on any atom is -0.496 e. The molecule has 8 nitrogen and oxygen atoms in total. The van der Waals surface area contributed by atoms with Crippen molar-refractivity contribution in [2.24, 2.45) is 0 Å².